The van der Waals surface area contributed by atoms with Crippen molar-refractivity contribution >= 4 is 5.91 Å². The van der Waals surface area contributed by atoms with Crippen molar-refractivity contribution in [3.8, 4) is 17.1 Å². The van der Waals surface area contributed by atoms with Gasteiger partial charge < -0.3 is 14.5 Å². The van der Waals surface area contributed by atoms with Crippen LogP contribution >= 0.6 is 0 Å². The number of nitrogens with zero attached hydrogens (tertiary/aromatic N) is 1. The number of hydrogen-bond acceptors (Lipinski definition) is 4. The number of para-hydroxylation sites is 1. The molecule has 110 valence electrons. The van der Waals surface area contributed by atoms with Crippen molar-refractivity contribution in [1.29, 1.82) is 0 Å². The Hall–Kier alpha value is -2.30. The number of oxazole rings is 1. The molecule has 1 aromatic carbocycles. The van der Waals surface area contributed by atoms with Crippen LogP contribution in [0.5, 0.6) is 5.75 Å². The van der Waals surface area contributed by atoms with Crippen LogP contribution in [0.25, 0.3) is 11.3 Å². The molecule has 0 aliphatic heterocycles. The smallest absolute Gasteiger partial charge is 0.274 e. The number of rotatable bonds is 4. The fourth-order valence-electron chi connectivity index (χ4n) is 2.76. The van der Waals surface area contributed by atoms with E-state index in [1.54, 1.807) is 7.11 Å². The average Bonchev–Trinajstić information content (AvgIpc) is 3.18. The van der Waals surface area contributed by atoms with Crippen molar-refractivity contribution in [2.45, 2.75) is 31.7 Å². The molecule has 1 saturated carbocycles. The van der Waals surface area contributed by atoms with Gasteiger partial charge in [-0.3, -0.25) is 4.79 Å². The molecule has 0 unspecified atom stereocenters. The molecule has 1 amide bonds. The minimum Gasteiger partial charge on any atom is -0.496 e. The molecule has 3 rings (SSSR count). The van der Waals surface area contributed by atoms with Gasteiger partial charge in [-0.15, -0.1) is 0 Å². The van der Waals surface area contributed by atoms with Gasteiger partial charge >= 0.3 is 0 Å². The molecule has 1 aliphatic rings. The van der Waals surface area contributed by atoms with E-state index in [2.05, 4.69) is 10.3 Å². The van der Waals surface area contributed by atoms with Crippen LogP contribution in [-0.4, -0.2) is 24.0 Å². The number of aromatic nitrogens is 1. The maximum Gasteiger partial charge on any atom is 0.274 e. The molecule has 1 heterocycles. The third-order valence-electron chi connectivity index (χ3n) is 3.82. The number of benzene rings is 1. The Morgan fingerprint density at radius 2 is 2.10 bits per heavy atom. The summed E-state index contributed by atoms with van der Waals surface area (Å²) in [6, 6.07) is 7.68. The normalized spacial score (nSPS) is 15.1. The van der Waals surface area contributed by atoms with Gasteiger partial charge in [-0.05, 0) is 25.0 Å². The van der Waals surface area contributed by atoms with Crippen molar-refractivity contribution < 1.29 is 13.9 Å². The number of nitrogens with one attached hydrogen (secondary N) is 1. The Bertz CT molecular complexity index is 630. The lowest BCUT2D eigenvalue weighted by atomic mass is 10.1. The van der Waals surface area contributed by atoms with E-state index >= 15 is 0 Å². The molecule has 1 aliphatic carbocycles. The summed E-state index contributed by atoms with van der Waals surface area (Å²) >= 11 is 0. The van der Waals surface area contributed by atoms with Gasteiger partial charge in [0.05, 0.1) is 12.7 Å². The second-order valence-electron chi connectivity index (χ2n) is 5.19. The molecule has 0 spiro atoms. The lowest BCUT2D eigenvalue weighted by molar-refractivity contribution is 0.0933. The summed E-state index contributed by atoms with van der Waals surface area (Å²) in [6.07, 6.45) is 5.71. The summed E-state index contributed by atoms with van der Waals surface area (Å²) in [7, 11) is 1.59. The highest BCUT2D eigenvalue weighted by Crippen LogP contribution is 2.32. The third-order valence-corrected chi connectivity index (χ3v) is 3.82. The zero-order valence-electron chi connectivity index (χ0n) is 12.0. The van der Waals surface area contributed by atoms with Crippen LogP contribution in [0.3, 0.4) is 0 Å². The van der Waals surface area contributed by atoms with E-state index in [4.69, 9.17) is 9.15 Å². The Balaban J connectivity index is 1.88. The number of methoxy groups -OCH3 is 1. The van der Waals surface area contributed by atoms with Gasteiger partial charge in [0.2, 0.25) is 0 Å². The summed E-state index contributed by atoms with van der Waals surface area (Å²) in [5.74, 6) is 0.920. The maximum atomic E-state index is 12.4. The van der Waals surface area contributed by atoms with E-state index in [0.29, 0.717) is 17.2 Å². The van der Waals surface area contributed by atoms with Gasteiger partial charge in [-0.1, -0.05) is 25.0 Å². The fraction of sp³-hybridized carbons (Fsp3) is 0.375. The van der Waals surface area contributed by atoms with Crippen molar-refractivity contribution in [1.82, 2.24) is 10.3 Å². The summed E-state index contributed by atoms with van der Waals surface area (Å²) in [5, 5.41) is 3.03. The summed E-state index contributed by atoms with van der Waals surface area (Å²) in [6.45, 7) is 0. The minimum absolute atomic E-state index is 0.184. The number of carbonyl (C=O) groups excluding carboxylic acids is 1. The minimum atomic E-state index is -0.184. The average molecular weight is 286 g/mol. The van der Waals surface area contributed by atoms with Crippen LogP contribution in [-0.2, 0) is 0 Å². The number of amides is 1. The van der Waals surface area contributed by atoms with Crippen LogP contribution in [0.1, 0.15) is 36.2 Å². The van der Waals surface area contributed by atoms with Gasteiger partial charge in [0.15, 0.2) is 17.8 Å². The maximum absolute atomic E-state index is 12.4. The van der Waals surface area contributed by atoms with Gasteiger partial charge in [0.1, 0.15) is 5.75 Å². The number of hydrogen-bond donors (Lipinski definition) is 1. The monoisotopic (exact) mass is 286 g/mol. The van der Waals surface area contributed by atoms with E-state index < -0.39 is 0 Å². The largest absolute Gasteiger partial charge is 0.496 e. The van der Waals surface area contributed by atoms with E-state index in [1.807, 2.05) is 24.3 Å². The van der Waals surface area contributed by atoms with E-state index in [1.165, 1.54) is 19.2 Å². The SMILES string of the molecule is COc1ccccc1-c1ocnc1C(=O)NC1CCCC1. The summed E-state index contributed by atoms with van der Waals surface area (Å²) in [4.78, 5) is 16.5. The van der Waals surface area contributed by atoms with E-state index in [0.717, 1.165) is 18.4 Å². The molecule has 0 atom stereocenters. The lowest BCUT2D eigenvalue weighted by Gasteiger charge is -2.11. The Labute approximate surface area is 123 Å². The quantitative estimate of drug-likeness (QED) is 0.938. The standard InChI is InChI=1S/C16H18N2O3/c1-20-13-9-5-4-8-12(13)15-14(17-10-21-15)16(19)18-11-6-2-3-7-11/h4-5,8-11H,2-3,6-7H2,1H3,(H,18,19). The number of carbonyl (C=O) groups is 1. The molecule has 21 heavy (non-hydrogen) atoms. The van der Waals surface area contributed by atoms with Gasteiger partial charge in [-0.2, -0.15) is 0 Å². The van der Waals surface area contributed by atoms with Crippen LogP contribution in [0.2, 0.25) is 0 Å². The lowest BCUT2D eigenvalue weighted by Crippen LogP contribution is -2.33. The van der Waals surface area contributed by atoms with Crippen LogP contribution in [0.4, 0.5) is 0 Å². The van der Waals surface area contributed by atoms with E-state index in [-0.39, 0.29) is 11.9 Å². The first-order valence-electron chi connectivity index (χ1n) is 7.17. The second kappa shape index (κ2) is 5.99. The summed E-state index contributed by atoms with van der Waals surface area (Å²) < 4.78 is 10.7. The highest BCUT2D eigenvalue weighted by atomic mass is 16.5. The first-order chi connectivity index (χ1) is 10.3. The molecule has 1 N–H and O–H groups in total. The molecule has 1 aromatic heterocycles. The molecule has 0 bridgehead atoms. The van der Waals surface area contributed by atoms with Crippen molar-refractivity contribution in [3.05, 3.63) is 36.4 Å². The molecule has 0 radical (unpaired) electrons. The van der Waals surface area contributed by atoms with Crippen LogP contribution < -0.4 is 10.1 Å². The van der Waals surface area contributed by atoms with Crippen molar-refractivity contribution in [2.24, 2.45) is 0 Å². The van der Waals surface area contributed by atoms with Gasteiger partial charge in [0.25, 0.3) is 5.91 Å². The first kappa shape index (κ1) is 13.7. The molecule has 2 aromatic rings. The van der Waals surface area contributed by atoms with Crippen molar-refractivity contribution in [3.63, 3.8) is 0 Å². The van der Waals surface area contributed by atoms with Gasteiger partial charge in [0, 0.05) is 6.04 Å². The predicted octanol–water partition coefficient (Wildman–Crippen LogP) is 3.02. The van der Waals surface area contributed by atoms with Crippen LogP contribution in [0, 0.1) is 0 Å². The predicted molar refractivity (Wildman–Crippen MR) is 78.2 cm³/mol. The number of ether oxygens (including phenoxy) is 1. The molecule has 5 heteroatoms. The second-order valence-corrected chi connectivity index (χ2v) is 5.19. The van der Waals surface area contributed by atoms with Crippen molar-refractivity contribution in [2.75, 3.05) is 7.11 Å². The molecular weight excluding hydrogens is 268 g/mol. The topological polar surface area (TPSA) is 64.4 Å². The highest BCUT2D eigenvalue weighted by Gasteiger charge is 2.24. The Kier molecular flexibility index (Phi) is 3.90. The molecular formula is C16H18N2O3. The first-order valence-corrected chi connectivity index (χ1v) is 7.17. The zero-order chi connectivity index (χ0) is 14.7. The third kappa shape index (κ3) is 2.77. The zero-order valence-corrected chi connectivity index (χ0v) is 12.0. The summed E-state index contributed by atoms with van der Waals surface area (Å²) in [5.41, 5.74) is 1.04. The molecule has 5 nitrogen and oxygen atoms in total. The van der Waals surface area contributed by atoms with E-state index in [9.17, 15) is 4.79 Å². The fourth-order valence-corrected chi connectivity index (χ4v) is 2.76. The molecule has 1 fully saturated rings. The molecule has 0 saturated heterocycles. The van der Waals surface area contributed by atoms with Gasteiger partial charge in [-0.25, -0.2) is 4.98 Å². The highest BCUT2D eigenvalue weighted by molar-refractivity contribution is 5.98. The van der Waals surface area contributed by atoms with Crippen LogP contribution in [0.15, 0.2) is 35.1 Å². The Morgan fingerprint density at radius 3 is 2.86 bits per heavy atom. The Morgan fingerprint density at radius 1 is 1.33 bits per heavy atom.